The number of pyridine rings is 1. The summed E-state index contributed by atoms with van der Waals surface area (Å²) in [5.74, 6) is 1.19. The van der Waals surface area contributed by atoms with E-state index in [1.165, 1.54) is 0 Å². The highest BCUT2D eigenvalue weighted by atomic mass is 79.9. The Hall–Kier alpha value is -2.15. The van der Waals surface area contributed by atoms with Crippen LogP contribution < -0.4 is 4.74 Å². The van der Waals surface area contributed by atoms with Gasteiger partial charge in [0.2, 0.25) is 5.89 Å². The summed E-state index contributed by atoms with van der Waals surface area (Å²) in [6.45, 7) is 1.95. The molecule has 0 aliphatic rings. The number of hydrogen-bond acceptors (Lipinski definition) is 5. The molecule has 0 aliphatic carbocycles. The van der Waals surface area contributed by atoms with Crippen LogP contribution >= 0.6 is 39.1 Å². The monoisotopic (exact) mass is 463 g/mol. The highest BCUT2D eigenvalue weighted by Gasteiger charge is 2.15. The Morgan fingerprint density at radius 1 is 1.04 bits per heavy atom. The molecule has 4 aromatic rings. The molecule has 4 rings (SSSR count). The van der Waals surface area contributed by atoms with E-state index in [2.05, 4.69) is 31.1 Å². The molecule has 0 spiro atoms. The predicted molar refractivity (Wildman–Crippen MR) is 108 cm³/mol. The van der Waals surface area contributed by atoms with Crippen molar-refractivity contribution in [3.8, 4) is 17.2 Å². The van der Waals surface area contributed by atoms with Crippen molar-refractivity contribution in [3.63, 3.8) is 0 Å². The molecular weight excluding hydrogens is 453 g/mol. The summed E-state index contributed by atoms with van der Waals surface area (Å²) in [7, 11) is 0. The van der Waals surface area contributed by atoms with Gasteiger partial charge in [0.1, 0.15) is 5.52 Å². The first-order valence-corrected chi connectivity index (χ1v) is 9.52. The van der Waals surface area contributed by atoms with Gasteiger partial charge >= 0.3 is 0 Å². The number of aryl methyl sites for hydroxylation is 1. The molecule has 0 saturated heterocycles. The highest BCUT2D eigenvalue weighted by molar-refractivity contribution is 9.10. The molecule has 8 heteroatoms. The summed E-state index contributed by atoms with van der Waals surface area (Å²) in [6, 6.07) is 13.0. The first kappa shape index (κ1) is 18.2. The molecule has 0 atom stereocenters. The molecular formula is C19H12BrCl2N3O2. The van der Waals surface area contributed by atoms with Crippen LogP contribution in [-0.2, 0) is 6.61 Å². The molecule has 0 unspecified atom stereocenters. The molecule has 27 heavy (non-hydrogen) atoms. The van der Waals surface area contributed by atoms with Gasteiger partial charge in [-0.1, -0.05) is 39.1 Å². The van der Waals surface area contributed by atoms with Crippen molar-refractivity contribution in [2.24, 2.45) is 0 Å². The Morgan fingerprint density at radius 2 is 1.81 bits per heavy atom. The zero-order chi connectivity index (χ0) is 19.0. The maximum absolute atomic E-state index is 6.32. The second kappa shape index (κ2) is 7.46. The lowest BCUT2D eigenvalue weighted by Gasteiger charge is -2.11. The average Bonchev–Trinajstić information content (AvgIpc) is 3.11. The SMILES string of the molecule is Cc1ccc2c(Cl)cc(Cl)c(OCc3nnc(-c4ccc(Br)cc4)o3)c2n1. The molecule has 0 radical (unpaired) electrons. The summed E-state index contributed by atoms with van der Waals surface area (Å²) >= 11 is 16.0. The standard InChI is InChI=1S/C19H12BrCl2N3O2/c1-10-2-7-13-14(21)8-15(22)18(17(13)23-10)26-9-16-24-25-19(27-16)11-3-5-12(20)6-4-11/h2-8H,9H2,1H3. The Labute approximate surface area is 173 Å². The molecule has 0 bridgehead atoms. The minimum absolute atomic E-state index is 0.0651. The fourth-order valence-corrected chi connectivity index (χ4v) is 3.42. The molecule has 0 saturated carbocycles. The van der Waals surface area contributed by atoms with Gasteiger partial charge in [-0.15, -0.1) is 10.2 Å². The van der Waals surface area contributed by atoms with E-state index in [0.717, 1.165) is 21.1 Å². The van der Waals surface area contributed by atoms with Crippen molar-refractivity contribution < 1.29 is 9.15 Å². The Morgan fingerprint density at radius 3 is 2.59 bits per heavy atom. The number of hydrogen-bond donors (Lipinski definition) is 0. The lowest BCUT2D eigenvalue weighted by atomic mass is 10.2. The Bertz CT molecular complexity index is 1130. The van der Waals surface area contributed by atoms with Crippen LogP contribution in [0.1, 0.15) is 11.6 Å². The molecule has 2 aromatic heterocycles. The number of aromatic nitrogens is 3. The quantitative estimate of drug-likeness (QED) is 0.357. The number of ether oxygens (including phenoxy) is 1. The van der Waals surface area contributed by atoms with Crippen molar-refractivity contribution in [3.05, 3.63) is 68.6 Å². The fraction of sp³-hybridized carbons (Fsp3) is 0.105. The van der Waals surface area contributed by atoms with Crippen molar-refractivity contribution in [2.45, 2.75) is 13.5 Å². The molecule has 0 N–H and O–H groups in total. The number of rotatable bonds is 4. The minimum Gasteiger partial charge on any atom is -0.480 e. The van der Waals surface area contributed by atoms with E-state index in [4.69, 9.17) is 32.4 Å². The van der Waals surface area contributed by atoms with Gasteiger partial charge in [-0.3, -0.25) is 0 Å². The summed E-state index contributed by atoms with van der Waals surface area (Å²) in [5, 5.41) is 9.75. The third kappa shape index (κ3) is 3.78. The highest BCUT2D eigenvalue weighted by Crippen LogP contribution is 2.37. The van der Waals surface area contributed by atoms with Gasteiger partial charge in [0.05, 0.1) is 10.0 Å². The summed E-state index contributed by atoms with van der Waals surface area (Å²) < 4.78 is 12.5. The van der Waals surface area contributed by atoms with E-state index in [0.29, 0.717) is 33.1 Å². The van der Waals surface area contributed by atoms with Crippen molar-refractivity contribution in [1.29, 1.82) is 0 Å². The van der Waals surface area contributed by atoms with Gasteiger partial charge in [0.15, 0.2) is 12.4 Å². The fourth-order valence-electron chi connectivity index (χ4n) is 2.58. The van der Waals surface area contributed by atoms with Crippen LogP contribution in [0.15, 0.2) is 51.4 Å². The molecule has 0 fully saturated rings. The molecule has 0 amide bonds. The van der Waals surface area contributed by atoms with E-state index >= 15 is 0 Å². The van der Waals surface area contributed by atoms with E-state index in [1.54, 1.807) is 6.07 Å². The first-order chi connectivity index (χ1) is 13.0. The van der Waals surface area contributed by atoms with Crippen LogP contribution in [0.2, 0.25) is 10.0 Å². The van der Waals surface area contributed by atoms with Gasteiger partial charge in [-0.2, -0.15) is 0 Å². The van der Waals surface area contributed by atoms with Crippen LogP contribution in [-0.4, -0.2) is 15.2 Å². The van der Waals surface area contributed by atoms with Crippen molar-refractivity contribution in [2.75, 3.05) is 0 Å². The minimum atomic E-state index is 0.0651. The van der Waals surface area contributed by atoms with Crippen molar-refractivity contribution in [1.82, 2.24) is 15.2 Å². The number of fused-ring (bicyclic) bond motifs is 1. The van der Waals surface area contributed by atoms with Crippen LogP contribution in [0.3, 0.4) is 0 Å². The maximum atomic E-state index is 6.32. The second-order valence-electron chi connectivity index (χ2n) is 5.81. The third-order valence-corrected chi connectivity index (χ3v) is 5.00. The molecule has 2 aromatic carbocycles. The normalized spacial score (nSPS) is 11.1. The Kier molecular flexibility index (Phi) is 5.04. The smallest absolute Gasteiger partial charge is 0.254 e. The molecule has 2 heterocycles. The lowest BCUT2D eigenvalue weighted by Crippen LogP contribution is -1.99. The molecule has 5 nitrogen and oxygen atoms in total. The van der Waals surface area contributed by atoms with Crippen LogP contribution in [0.4, 0.5) is 0 Å². The zero-order valence-corrected chi connectivity index (χ0v) is 17.1. The topological polar surface area (TPSA) is 61.0 Å². The van der Waals surface area contributed by atoms with Gasteiger partial charge in [0.25, 0.3) is 5.89 Å². The second-order valence-corrected chi connectivity index (χ2v) is 7.54. The van der Waals surface area contributed by atoms with Gasteiger partial charge in [-0.25, -0.2) is 4.98 Å². The largest absolute Gasteiger partial charge is 0.480 e. The average molecular weight is 465 g/mol. The summed E-state index contributed by atoms with van der Waals surface area (Å²) in [6.07, 6.45) is 0. The first-order valence-electron chi connectivity index (χ1n) is 7.98. The van der Waals surface area contributed by atoms with E-state index < -0.39 is 0 Å². The van der Waals surface area contributed by atoms with E-state index in [1.807, 2.05) is 43.3 Å². The zero-order valence-electron chi connectivity index (χ0n) is 14.0. The maximum Gasteiger partial charge on any atom is 0.254 e. The predicted octanol–water partition coefficient (Wildman–Crippen LogP) is 6.24. The molecule has 136 valence electrons. The van der Waals surface area contributed by atoms with E-state index in [-0.39, 0.29) is 6.61 Å². The third-order valence-electron chi connectivity index (χ3n) is 3.88. The van der Waals surface area contributed by atoms with E-state index in [9.17, 15) is 0 Å². The Balaban J connectivity index is 1.61. The lowest BCUT2D eigenvalue weighted by molar-refractivity contribution is 0.267. The van der Waals surface area contributed by atoms with Crippen LogP contribution in [0.25, 0.3) is 22.4 Å². The van der Waals surface area contributed by atoms with Crippen LogP contribution in [0, 0.1) is 6.92 Å². The van der Waals surface area contributed by atoms with Crippen molar-refractivity contribution >= 4 is 50.0 Å². The summed E-state index contributed by atoms with van der Waals surface area (Å²) in [5.41, 5.74) is 2.25. The molecule has 0 aliphatic heterocycles. The number of halogens is 3. The van der Waals surface area contributed by atoms with Gasteiger partial charge in [0, 0.05) is 21.1 Å². The van der Waals surface area contributed by atoms with Gasteiger partial charge < -0.3 is 9.15 Å². The van der Waals surface area contributed by atoms with Gasteiger partial charge in [-0.05, 0) is 49.4 Å². The summed E-state index contributed by atoms with van der Waals surface area (Å²) in [4.78, 5) is 4.51. The number of benzene rings is 2. The number of nitrogens with zero attached hydrogens (tertiary/aromatic N) is 3. The van der Waals surface area contributed by atoms with Crippen LogP contribution in [0.5, 0.6) is 5.75 Å².